The monoisotopic (exact) mass is 312 g/mol. The van der Waals surface area contributed by atoms with Crippen molar-refractivity contribution in [3.05, 3.63) is 28.0 Å². The highest BCUT2D eigenvalue weighted by Crippen LogP contribution is 2.24. The fourth-order valence-electron chi connectivity index (χ4n) is 1.54. The van der Waals surface area contributed by atoms with Gasteiger partial charge in [0.1, 0.15) is 11.7 Å². The summed E-state index contributed by atoms with van der Waals surface area (Å²) in [5.74, 6) is -1.39. The number of carbonyl (C=O) groups is 1. The fourth-order valence-corrected chi connectivity index (χ4v) is 1.89. The van der Waals surface area contributed by atoms with Gasteiger partial charge in [-0.05, 0) is 47.0 Å². The van der Waals surface area contributed by atoms with Gasteiger partial charge in [-0.15, -0.1) is 0 Å². The van der Waals surface area contributed by atoms with Gasteiger partial charge in [-0.1, -0.05) is 13.3 Å². The molecule has 1 aromatic rings. The van der Waals surface area contributed by atoms with E-state index in [1.165, 1.54) is 12.1 Å². The molecule has 0 aliphatic heterocycles. The van der Waals surface area contributed by atoms with Crippen LogP contribution in [0.25, 0.3) is 0 Å². The van der Waals surface area contributed by atoms with Gasteiger partial charge in [0, 0.05) is 5.69 Å². The molecule has 0 saturated carbocycles. The largest absolute Gasteiger partial charge is 0.325 e. The zero-order chi connectivity index (χ0) is 13.7. The molecule has 0 heterocycles. The van der Waals surface area contributed by atoms with Crippen LogP contribution in [0.2, 0.25) is 0 Å². The van der Waals surface area contributed by atoms with Crippen LogP contribution in [0.5, 0.6) is 0 Å². The first kappa shape index (κ1) is 14.7. The molecule has 0 saturated heterocycles. The Labute approximate surface area is 114 Å². The van der Waals surface area contributed by atoms with Crippen LogP contribution in [0.15, 0.2) is 16.6 Å². The zero-order valence-corrected chi connectivity index (χ0v) is 11.8. The van der Waals surface area contributed by atoms with E-state index >= 15 is 0 Å². The number of rotatable bonds is 4. The normalized spacial score (nSPS) is 11.7. The average molecular weight is 313 g/mol. The molecule has 1 aromatic carbocycles. The smallest absolute Gasteiger partial charge is 0.241 e. The number of nitriles is 1. The Bertz CT molecular complexity index is 496. The molecule has 5 heteroatoms. The maximum atomic E-state index is 13.2. The number of carbonyl (C=O) groups excluding carboxylic acids is 1. The van der Waals surface area contributed by atoms with E-state index in [2.05, 4.69) is 21.2 Å². The third-order valence-corrected chi connectivity index (χ3v) is 3.18. The molecule has 0 aliphatic carbocycles. The predicted octanol–water partition coefficient (Wildman–Crippen LogP) is 3.78. The van der Waals surface area contributed by atoms with Gasteiger partial charge < -0.3 is 5.32 Å². The van der Waals surface area contributed by atoms with Crippen LogP contribution in [0.3, 0.4) is 0 Å². The van der Waals surface area contributed by atoms with Crippen molar-refractivity contribution in [3.8, 4) is 6.07 Å². The van der Waals surface area contributed by atoms with Gasteiger partial charge in [0.05, 0.1) is 10.5 Å². The molecule has 1 atom stereocenters. The van der Waals surface area contributed by atoms with Gasteiger partial charge in [-0.3, -0.25) is 4.79 Å². The van der Waals surface area contributed by atoms with E-state index in [1.54, 1.807) is 6.92 Å². The Balaban J connectivity index is 2.88. The van der Waals surface area contributed by atoms with E-state index in [9.17, 15) is 9.18 Å². The minimum atomic E-state index is -0.668. The SMILES string of the molecule is CCCC(C#N)C(=O)Nc1cc(Br)c(F)cc1C. The van der Waals surface area contributed by atoms with Gasteiger partial charge >= 0.3 is 0 Å². The van der Waals surface area contributed by atoms with Gasteiger partial charge in [0.2, 0.25) is 5.91 Å². The van der Waals surface area contributed by atoms with E-state index in [-0.39, 0.29) is 16.2 Å². The van der Waals surface area contributed by atoms with Crippen LogP contribution >= 0.6 is 15.9 Å². The highest BCUT2D eigenvalue weighted by molar-refractivity contribution is 9.10. The quantitative estimate of drug-likeness (QED) is 0.920. The number of benzene rings is 1. The molecule has 0 fully saturated rings. The average Bonchev–Trinajstić information content (AvgIpc) is 2.32. The lowest BCUT2D eigenvalue weighted by molar-refractivity contribution is -0.118. The minimum absolute atomic E-state index is 0.285. The number of hydrogen-bond donors (Lipinski definition) is 1. The molecule has 96 valence electrons. The van der Waals surface area contributed by atoms with Gasteiger partial charge in [-0.2, -0.15) is 5.26 Å². The molecule has 18 heavy (non-hydrogen) atoms. The van der Waals surface area contributed by atoms with Crippen LogP contribution in [0.1, 0.15) is 25.3 Å². The molecular weight excluding hydrogens is 299 g/mol. The maximum absolute atomic E-state index is 13.2. The summed E-state index contributed by atoms with van der Waals surface area (Å²) in [6.45, 7) is 3.61. The van der Waals surface area contributed by atoms with E-state index in [0.717, 1.165) is 6.42 Å². The lowest BCUT2D eigenvalue weighted by Gasteiger charge is -2.12. The van der Waals surface area contributed by atoms with Gasteiger partial charge in [0.15, 0.2) is 0 Å². The molecule has 0 spiro atoms. The highest BCUT2D eigenvalue weighted by atomic mass is 79.9. The van der Waals surface area contributed by atoms with Crippen molar-refractivity contribution in [2.24, 2.45) is 5.92 Å². The number of halogens is 2. The van der Waals surface area contributed by atoms with Crippen LogP contribution in [0, 0.1) is 30.0 Å². The first-order valence-electron chi connectivity index (χ1n) is 5.65. The lowest BCUT2D eigenvalue weighted by Crippen LogP contribution is -2.22. The van der Waals surface area contributed by atoms with Crippen molar-refractivity contribution < 1.29 is 9.18 Å². The Hall–Kier alpha value is -1.41. The maximum Gasteiger partial charge on any atom is 0.241 e. The summed E-state index contributed by atoms with van der Waals surface area (Å²) in [6.07, 6.45) is 1.28. The summed E-state index contributed by atoms with van der Waals surface area (Å²) in [5.41, 5.74) is 1.14. The van der Waals surface area contributed by atoms with Gasteiger partial charge in [0.25, 0.3) is 0 Å². The highest BCUT2D eigenvalue weighted by Gasteiger charge is 2.18. The van der Waals surface area contributed by atoms with E-state index in [1.807, 2.05) is 13.0 Å². The van der Waals surface area contributed by atoms with Crippen LogP contribution in [-0.4, -0.2) is 5.91 Å². The summed E-state index contributed by atoms with van der Waals surface area (Å²) >= 11 is 3.06. The third-order valence-electron chi connectivity index (χ3n) is 2.57. The molecule has 0 aliphatic rings. The number of anilines is 1. The summed E-state index contributed by atoms with van der Waals surface area (Å²) in [7, 11) is 0. The topological polar surface area (TPSA) is 52.9 Å². The van der Waals surface area contributed by atoms with Crippen LogP contribution in [-0.2, 0) is 4.79 Å². The third kappa shape index (κ3) is 3.54. The van der Waals surface area contributed by atoms with Crippen LogP contribution in [0.4, 0.5) is 10.1 Å². The van der Waals surface area contributed by atoms with Crippen molar-refractivity contribution in [2.45, 2.75) is 26.7 Å². The molecule has 1 amide bonds. The predicted molar refractivity (Wildman–Crippen MR) is 71.5 cm³/mol. The first-order valence-corrected chi connectivity index (χ1v) is 6.45. The van der Waals surface area contributed by atoms with Crippen molar-refractivity contribution in [2.75, 3.05) is 5.32 Å². The molecule has 1 N–H and O–H groups in total. The fraction of sp³-hybridized carbons (Fsp3) is 0.385. The Morgan fingerprint density at radius 1 is 1.61 bits per heavy atom. The summed E-state index contributed by atoms with van der Waals surface area (Å²) in [6, 6.07) is 4.81. The first-order chi connectivity index (χ1) is 8.49. The van der Waals surface area contributed by atoms with Crippen molar-refractivity contribution in [3.63, 3.8) is 0 Å². The molecule has 1 unspecified atom stereocenters. The second-order valence-corrected chi connectivity index (χ2v) is 4.90. The number of aryl methyl sites for hydroxylation is 1. The second-order valence-electron chi connectivity index (χ2n) is 4.04. The standard InChI is InChI=1S/C13H14BrFN2O/c1-3-4-9(7-16)13(18)17-12-6-10(14)11(15)5-8(12)2/h5-6,9H,3-4H2,1-2H3,(H,17,18). The van der Waals surface area contributed by atoms with Crippen molar-refractivity contribution in [1.29, 1.82) is 5.26 Å². The van der Waals surface area contributed by atoms with E-state index in [4.69, 9.17) is 5.26 Å². The summed E-state index contributed by atoms with van der Waals surface area (Å²) < 4.78 is 13.5. The van der Waals surface area contributed by atoms with E-state index < -0.39 is 5.92 Å². The van der Waals surface area contributed by atoms with Crippen molar-refractivity contribution >= 4 is 27.5 Å². The zero-order valence-electron chi connectivity index (χ0n) is 10.3. The molecule has 0 bridgehead atoms. The van der Waals surface area contributed by atoms with Crippen molar-refractivity contribution in [1.82, 2.24) is 0 Å². The van der Waals surface area contributed by atoms with Crippen LogP contribution < -0.4 is 5.32 Å². The second kappa shape index (κ2) is 6.50. The molecule has 3 nitrogen and oxygen atoms in total. The number of hydrogen-bond acceptors (Lipinski definition) is 2. The molecule has 0 radical (unpaired) electrons. The van der Waals surface area contributed by atoms with Gasteiger partial charge in [-0.25, -0.2) is 4.39 Å². The molecular formula is C13H14BrFN2O. The number of nitrogens with one attached hydrogen (secondary N) is 1. The number of amides is 1. The Kier molecular flexibility index (Phi) is 5.29. The summed E-state index contributed by atoms with van der Waals surface area (Å²) in [5, 5.41) is 11.5. The molecule has 1 rings (SSSR count). The Morgan fingerprint density at radius 3 is 2.83 bits per heavy atom. The minimum Gasteiger partial charge on any atom is -0.325 e. The summed E-state index contributed by atoms with van der Waals surface area (Å²) in [4.78, 5) is 11.8. The molecule has 0 aromatic heterocycles. The lowest BCUT2D eigenvalue weighted by atomic mass is 10.0. The van der Waals surface area contributed by atoms with E-state index in [0.29, 0.717) is 17.7 Å². The number of nitrogens with zero attached hydrogens (tertiary/aromatic N) is 1. The Morgan fingerprint density at radius 2 is 2.28 bits per heavy atom.